The van der Waals surface area contributed by atoms with Crippen LogP contribution in [0, 0.1) is 13.8 Å². The van der Waals surface area contributed by atoms with Gasteiger partial charge in [0.05, 0.1) is 5.56 Å². The van der Waals surface area contributed by atoms with Gasteiger partial charge in [0, 0.05) is 5.56 Å². The summed E-state index contributed by atoms with van der Waals surface area (Å²) < 4.78 is 5.45. The molecule has 0 fully saturated rings. The van der Waals surface area contributed by atoms with Gasteiger partial charge in [0.25, 0.3) is 0 Å². The first-order valence-electron chi connectivity index (χ1n) is 6.18. The zero-order valence-corrected chi connectivity index (χ0v) is 10.8. The van der Waals surface area contributed by atoms with Crippen LogP contribution >= 0.6 is 0 Å². The number of hydrogen-bond acceptors (Lipinski definition) is 3. The molecule has 1 N–H and O–H groups in total. The predicted octanol–water partition coefficient (Wildman–Crippen LogP) is 3.27. The molecule has 19 heavy (non-hydrogen) atoms. The van der Waals surface area contributed by atoms with Crippen LogP contribution in [-0.4, -0.2) is 11.1 Å². The largest absolute Gasteiger partial charge is 0.507 e. The van der Waals surface area contributed by atoms with Crippen LogP contribution in [0.3, 0.4) is 0 Å². The fourth-order valence-electron chi connectivity index (χ4n) is 2.53. The number of hydrogen-bond donors (Lipinski definition) is 1. The number of phenols is 1. The fourth-order valence-corrected chi connectivity index (χ4v) is 2.53. The van der Waals surface area contributed by atoms with E-state index >= 15 is 0 Å². The highest BCUT2D eigenvalue weighted by Gasteiger charge is 2.32. The summed E-state index contributed by atoms with van der Waals surface area (Å²) in [6.07, 6.45) is -0.373. The van der Waals surface area contributed by atoms with E-state index in [0.29, 0.717) is 11.3 Å². The highest BCUT2D eigenvalue weighted by atomic mass is 16.5. The van der Waals surface area contributed by atoms with E-state index in [-0.39, 0.29) is 12.1 Å². The lowest BCUT2D eigenvalue weighted by Gasteiger charge is -2.14. The molecule has 0 aliphatic carbocycles. The van der Waals surface area contributed by atoms with E-state index < -0.39 is 0 Å². The minimum atomic E-state index is -0.373. The van der Waals surface area contributed by atoms with Crippen molar-refractivity contribution >= 4 is 5.97 Å². The number of aryl methyl sites for hydroxylation is 2. The lowest BCUT2D eigenvalue weighted by atomic mass is 9.96. The van der Waals surface area contributed by atoms with Crippen LogP contribution in [-0.2, 0) is 4.74 Å². The zero-order valence-electron chi connectivity index (χ0n) is 10.8. The Morgan fingerprint density at radius 2 is 1.74 bits per heavy atom. The highest BCUT2D eigenvalue weighted by molar-refractivity contribution is 5.94. The molecule has 0 spiro atoms. The second kappa shape index (κ2) is 4.12. The van der Waals surface area contributed by atoms with Gasteiger partial charge in [-0.05, 0) is 48.7 Å². The van der Waals surface area contributed by atoms with E-state index in [1.54, 1.807) is 6.07 Å². The third-order valence-corrected chi connectivity index (χ3v) is 3.50. The van der Waals surface area contributed by atoms with Crippen molar-refractivity contribution in [3.05, 3.63) is 64.2 Å². The summed E-state index contributed by atoms with van der Waals surface area (Å²) in [4.78, 5) is 11.8. The summed E-state index contributed by atoms with van der Waals surface area (Å²) in [5.74, 6) is 0.00494. The standard InChI is InChI=1S/C16H14O3/c1-9-7-11(8-10(2)14(9)17)15-12-5-3-4-6-13(12)16(18)19-15/h3-8,15,17H,1-2H3. The van der Waals surface area contributed by atoms with Crippen LogP contribution in [0.2, 0.25) is 0 Å². The zero-order chi connectivity index (χ0) is 13.6. The highest BCUT2D eigenvalue weighted by Crippen LogP contribution is 2.37. The minimum absolute atomic E-state index is 0.288. The molecule has 2 aromatic rings. The second-order valence-electron chi connectivity index (χ2n) is 4.88. The molecule has 96 valence electrons. The molecule has 3 rings (SSSR count). The van der Waals surface area contributed by atoms with E-state index in [0.717, 1.165) is 22.3 Å². The van der Waals surface area contributed by atoms with E-state index in [1.165, 1.54) is 0 Å². The SMILES string of the molecule is Cc1cc(C2OC(=O)c3ccccc32)cc(C)c1O. The number of rotatable bonds is 1. The number of benzene rings is 2. The average molecular weight is 254 g/mol. The number of fused-ring (bicyclic) bond motifs is 1. The van der Waals surface area contributed by atoms with Crippen LogP contribution in [0.4, 0.5) is 0 Å². The number of aromatic hydroxyl groups is 1. The molecule has 2 aromatic carbocycles. The normalized spacial score (nSPS) is 17.2. The lowest BCUT2D eigenvalue weighted by molar-refractivity contribution is 0.0455. The Balaban J connectivity index is 2.12. The maximum Gasteiger partial charge on any atom is 0.339 e. The molecule has 1 aliphatic heterocycles. The third-order valence-electron chi connectivity index (χ3n) is 3.50. The second-order valence-corrected chi connectivity index (χ2v) is 4.88. The van der Waals surface area contributed by atoms with Gasteiger partial charge in [-0.3, -0.25) is 0 Å². The maximum atomic E-state index is 11.8. The molecule has 3 nitrogen and oxygen atoms in total. The average Bonchev–Trinajstić information content (AvgIpc) is 2.74. The van der Waals surface area contributed by atoms with Gasteiger partial charge in [-0.25, -0.2) is 4.79 Å². The molecule has 1 unspecified atom stereocenters. The third kappa shape index (κ3) is 1.78. The van der Waals surface area contributed by atoms with Crippen molar-refractivity contribution in [3.63, 3.8) is 0 Å². The van der Waals surface area contributed by atoms with Gasteiger partial charge in [-0.15, -0.1) is 0 Å². The first-order valence-corrected chi connectivity index (χ1v) is 6.18. The topological polar surface area (TPSA) is 46.5 Å². The van der Waals surface area contributed by atoms with Crippen molar-refractivity contribution in [2.24, 2.45) is 0 Å². The van der Waals surface area contributed by atoms with Crippen LogP contribution in [0.15, 0.2) is 36.4 Å². The van der Waals surface area contributed by atoms with Crippen molar-refractivity contribution in [2.45, 2.75) is 20.0 Å². The Morgan fingerprint density at radius 3 is 2.42 bits per heavy atom. The van der Waals surface area contributed by atoms with Crippen molar-refractivity contribution in [1.82, 2.24) is 0 Å². The summed E-state index contributed by atoms with van der Waals surface area (Å²) in [6.45, 7) is 3.68. The molecule has 3 heteroatoms. The minimum Gasteiger partial charge on any atom is -0.507 e. The first-order chi connectivity index (χ1) is 9.08. The van der Waals surface area contributed by atoms with E-state index in [2.05, 4.69) is 0 Å². The van der Waals surface area contributed by atoms with Gasteiger partial charge in [0.2, 0.25) is 0 Å². The van der Waals surface area contributed by atoms with Gasteiger partial charge >= 0.3 is 5.97 Å². The molecule has 0 saturated heterocycles. The van der Waals surface area contributed by atoms with E-state index in [9.17, 15) is 9.90 Å². The Kier molecular flexibility index (Phi) is 2.56. The van der Waals surface area contributed by atoms with Crippen molar-refractivity contribution in [2.75, 3.05) is 0 Å². The van der Waals surface area contributed by atoms with Gasteiger partial charge < -0.3 is 9.84 Å². The molecule has 0 bridgehead atoms. The summed E-state index contributed by atoms with van der Waals surface area (Å²) in [7, 11) is 0. The Hall–Kier alpha value is -2.29. The molecule has 1 aliphatic rings. The number of carbonyl (C=O) groups excluding carboxylic acids is 1. The van der Waals surface area contributed by atoms with Crippen LogP contribution in [0.1, 0.15) is 38.7 Å². The summed E-state index contributed by atoms with van der Waals surface area (Å²) in [5.41, 5.74) is 3.98. The van der Waals surface area contributed by atoms with Gasteiger partial charge in [0.15, 0.2) is 6.10 Å². The van der Waals surface area contributed by atoms with Crippen molar-refractivity contribution < 1.29 is 14.6 Å². The lowest BCUT2D eigenvalue weighted by Crippen LogP contribution is -2.01. The molecular weight excluding hydrogens is 240 g/mol. The van der Waals surface area contributed by atoms with Crippen LogP contribution in [0.5, 0.6) is 5.75 Å². The number of esters is 1. The van der Waals surface area contributed by atoms with Gasteiger partial charge in [0.1, 0.15) is 5.75 Å². The Morgan fingerprint density at radius 1 is 1.11 bits per heavy atom. The predicted molar refractivity (Wildman–Crippen MR) is 71.3 cm³/mol. The monoisotopic (exact) mass is 254 g/mol. The van der Waals surface area contributed by atoms with Crippen LogP contribution in [0.25, 0.3) is 0 Å². The van der Waals surface area contributed by atoms with Gasteiger partial charge in [-0.2, -0.15) is 0 Å². The summed E-state index contributed by atoms with van der Waals surface area (Å²) in [6, 6.07) is 11.1. The molecule has 0 radical (unpaired) electrons. The number of cyclic esters (lactones) is 1. The summed E-state index contributed by atoms with van der Waals surface area (Å²) >= 11 is 0. The van der Waals surface area contributed by atoms with Crippen molar-refractivity contribution in [3.8, 4) is 5.75 Å². The van der Waals surface area contributed by atoms with Crippen LogP contribution < -0.4 is 0 Å². The quantitative estimate of drug-likeness (QED) is 0.794. The maximum absolute atomic E-state index is 11.8. The molecule has 1 atom stereocenters. The van der Waals surface area contributed by atoms with Gasteiger partial charge in [-0.1, -0.05) is 18.2 Å². The van der Waals surface area contributed by atoms with E-state index in [4.69, 9.17) is 4.74 Å². The molecule has 0 amide bonds. The first kappa shape index (κ1) is 11.8. The molecule has 0 aromatic heterocycles. The molecule has 1 heterocycles. The number of carbonyl (C=O) groups is 1. The number of phenolic OH excluding ortho intramolecular Hbond substituents is 1. The van der Waals surface area contributed by atoms with E-state index in [1.807, 2.05) is 44.2 Å². The molecule has 0 saturated carbocycles. The Labute approximate surface area is 111 Å². The summed E-state index contributed by atoms with van der Waals surface area (Å²) in [5, 5.41) is 9.81. The smallest absolute Gasteiger partial charge is 0.339 e. The fraction of sp³-hybridized carbons (Fsp3) is 0.188. The Bertz CT molecular complexity index is 650. The molecular formula is C16H14O3. The number of ether oxygens (including phenoxy) is 1. The van der Waals surface area contributed by atoms with Crippen molar-refractivity contribution in [1.29, 1.82) is 0 Å².